The lowest BCUT2D eigenvalue weighted by Gasteiger charge is -2.38. The maximum absolute atomic E-state index is 15.3. The number of hydrogen-bond acceptors (Lipinski definition) is 1. The summed E-state index contributed by atoms with van der Waals surface area (Å²) >= 11 is 0. The molecule has 9 heteroatoms. The largest absolute Gasteiger partial charge is 0.429 e. The molecule has 0 amide bonds. The van der Waals surface area contributed by atoms with Crippen LogP contribution in [0.4, 0.5) is 35.1 Å². The van der Waals surface area contributed by atoms with E-state index >= 15 is 4.39 Å². The second-order valence-electron chi connectivity index (χ2n) is 13.2. The van der Waals surface area contributed by atoms with Crippen molar-refractivity contribution in [1.29, 1.82) is 0 Å². The van der Waals surface area contributed by atoms with Crippen molar-refractivity contribution in [2.75, 3.05) is 0 Å². The van der Waals surface area contributed by atoms with E-state index < -0.39 is 52.3 Å². The van der Waals surface area contributed by atoms with Gasteiger partial charge in [-0.1, -0.05) is 57.6 Å². The highest BCUT2D eigenvalue weighted by atomic mass is 19.3. The van der Waals surface area contributed by atoms with Crippen molar-refractivity contribution in [2.45, 2.75) is 96.0 Å². The fourth-order valence-electron chi connectivity index (χ4n) is 7.44. The molecule has 0 bridgehead atoms. The van der Waals surface area contributed by atoms with Gasteiger partial charge < -0.3 is 4.74 Å². The summed E-state index contributed by atoms with van der Waals surface area (Å²) < 4.78 is 118. The van der Waals surface area contributed by atoms with Crippen molar-refractivity contribution >= 4 is 6.08 Å². The number of unbranched alkanes of at least 4 members (excludes halogenated alkanes) is 2. The Balaban J connectivity index is 1.19. The van der Waals surface area contributed by atoms with E-state index in [1.165, 1.54) is 63.5 Å². The van der Waals surface area contributed by atoms with Gasteiger partial charge in [0.2, 0.25) is 0 Å². The minimum Gasteiger partial charge on any atom is -0.429 e. The van der Waals surface area contributed by atoms with Gasteiger partial charge in [0.25, 0.3) is 0 Å². The molecule has 2 fully saturated rings. The van der Waals surface area contributed by atoms with Crippen LogP contribution in [-0.4, -0.2) is 6.11 Å². The fourth-order valence-corrected chi connectivity index (χ4v) is 7.44. The Morgan fingerprint density at radius 2 is 1.30 bits per heavy atom. The van der Waals surface area contributed by atoms with Gasteiger partial charge in [-0.05, 0) is 97.6 Å². The molecular formula is C38H40F8O. The summed E-state index contributed by atoms with van der Waals surface area (Å²) in [5.74, 6) is -6.91. The van der Waals surface area contributed by atoms with Crippen molar-refractivity contribution in [1.82, 2.24) is 0 Å². The van der Waals surface area contributed by atoms with E-state index in [1.807, 2.05) is 0 Å². The minimum absolute atomic E-state index is 0.0168. The van der Waals surface area contributed by atoms with E-state index in [-0.39, 0.29) is 35.3 Å². The molecule has 0 aliphatic heterocycles. The van der Waals surface area contributed by atoms with Crippen molar-refractivity contribution in [2.24, 2.45) is 17.8 Å². The Hall–Kier alpha value is -3.36. The van der Waals surface area contributed by atoms with Crippen LogP contribution in [0, 0.1) is 52.7 Å². The maximum atomic E-state index is 15.3. The first-order valence-corrected chi connectivity index (χ1v) is 16.6. The summed E-state index contributed by atoms with van der Waals surface area (Å²) in [5.41, 5.74) is -0.129. The molecule has 47 heavy (non-hydrogen) atoms. The normalized spacial score (nSPS) is 22.1. The van der Waals surface area contributed by atoms with Crippen LogP contribution in [0.15, 0.2) is 48.5 Å². The Morgan fingerprint density at radius 3 is 1.87 bits per heavy atom. The topological polar surface area (TPSA) is 9.23 Å². The first-order valence-electron chi connectivity index (χ1n) is 16.6. The molecule has 2 saturated carbocycles. The van der Waals surface area contributed by atoms with Crippen LogP contribution in [0.5, 0.6) is 5.75 Å². The molecule has 3 aromatic carbocycles. The quantitative estimate of drug-likeness (QED) is 0.113. The number of ether oxygens (including phenoxy) is 1. The van der Waals surface area contributed by atoms with Gasteiger partial charge in [0.15, 0.2) is 17.5 Å². The van der Waals surface area contributed by atoms with Crippen molar-refractivity contribution in [3.05, 3.63) is 94.6 Å². The minimum atomic E-state index is -4.26. The third-order valence-corrected chi connectivity index (χ3v) is 10.1. The number of rotatable bonds is 11. The summed E-state index contributed by atoms with van der Waals surface area (Å²) in [6, 6.07) is 6.80. The second-order valence-corrected chi connectivity index (χ2v) is 13.2. The third kappa shape index (κ3) is 8.76. The van der Waals surface area contributed by atoms with E-state index in [4.69, 9.17) is 0 Å². The van der Waals surface area contributed by atoms with E-state index in [9.17, 15) is 30.7 Å². The molecular weight excluding hydrogens is 624 g/mol. The Kier molecular flexibility index (Phi) is 11.3. The van der Waals surface area contributed by atoms with E-state index in [1.54, 1.807) is 6.07 Å². The van der Waals surface area contributed by atoms with E-state index in [2.05, 4.69) is 11.7 Å². The molecule has 5 rings (SSSR count). The lowest BCUT2D eigenvalue weighted by atomic mass is 9.68. The van der Waals surface area contributed by atoms with Crippen LogP contribution < -0.4 is 4.74 Å². The highest BCUT2D eigenvalue weighted by molar-refractivity contribution is 5.67. The van der Waals surface area contributed by atoms with Crippen LogP contribution in [0.3, 0.4) is 0 Å². The lowest BCUT2D eigenvalue weighted by molar-refractivity contribution is -0.131. The molecule has 0 spiro atoms. The predicted molar refractivity (Wildman–Crippen MR) is 167 cm³/mol. The first kappa shape index (κ1) is 35.0. The van der Waals surface area contributed by atoms with E-state index in [0.717, 1.165) is 55.2 Å². The summed E-state index contributed by atoms with van der Waals surface area (Å²) in [5, 5.41) is 0. The number of halogens is 8. The van der Waals surface area contributed by atoms with Gasteiger partial charge in [-0.3, -0.25) is 0 Å². The molecule has 0 atom stereocenters. The maximum Gasteiger partial charge on any atom is 0.419 e. The zero-order valence-electron chi connectivity index (χ0n) is 26.4. The van der Waals surface area contributed by atoms with Gasteiger partial charge in [-0.2, -0.15) is 8.78 Å². The second kappa shape index (κ2) is 15.2. The summed E-state index contributed by atoms with van der Waals surface area (Å²) in [6.07, 6.45) is 10.9. The van der Waals surface area contributed by atoms with Crippen molar-refractivity contribution < 1.29 is 39.9 Å². The van der Waals surface area contributed by atoms with Gasteiger partial charge in [-0.15, -0.1) is 0 Å². The number of hydrogen-bond donors (Lipinski definition) is 0. The van der Waals surface area contributed by atoms with Crippen LogP contribution in [0.2, 0.25) is 0 Å². The van der Waals surface area contributed by atoms with Gasteiger partial charge >= 0.3 is 6.11 Å². The zero-order valence-corrected chi connectivity index (χ0v) is 26.4. The highest BCUT2D eigenvalue weighted by Crippen LogP contribution is 2.45. The van der Waals surface area contributed by atoms with Crippen molar-refractivity contribution in [3.63, 3.8) is 0 Å². The SMILES string of the molecule is CCCCCC1CCC(C2CCC(c3ccc(-c4cc(F)c(C=CC(F)(F)Oc5cc(F)c(F)c(F)c5)c(F)c4)c(F)c3)CC2)CC1. The van der Waals surface area contributed by atoms with Gasteiger partial charge in [0, 0.05) is 29.3 Å². The van der Waals surface area contributed by atoms with Gasteiger partial charge in [-0.25, -0.2) is 26.3 Å². The van der Waals surface area contributed by atoms with Gasteiger partial charge in [0.1, 0.15) is 23.2 Å². The lowest BCUT2D eigenvalue weighted by Crippen LogP contribution is -2.25. The van der Waals surface area contributed by atoms with Crippen molar-refractivity contribution in [3.8, 4) is 16.9 Å². The van der Waals surface area contributed by atoms with Crippen LogP contribution in [0.25, 0.3) is 17.2 Å². The monoisotopic (exact) mass is 664 g/mol. The Morgan fingerprint density at radius 1 is 0.702 bits per heavy atom. The summed E-state index contributed by atoms with van der Waals surface area (Å²) in [4.78, 5) is 0. The van der Waals surface area contributed by atoms with Gasteiger partial charge in [0.05, 0.1) is 0 Å². The zero-order chi connectivity index (χ0) is 33.7. The third-order valence-electron chi connectivity index (χ3n) is 10.1. The number of benzene rings is 3. The number of alkyl halides is 2. The van der Waals surface area contributed by atoms with Crippen LogP contribution in [-0.2, 0) is 0 Å². The molecule has 0 N–H and O–H groups in total. The standard InChI is InChI=1S/C38H40F8O/c1-2-3-4-5-23-6-8-24(9-7-23)25-10-12-26(13-11-25)27-14-15-30(32(39)18-27)28-19-33(40)31(34(41)20-28)16-17-38(45,46)47-29-21-35(42)37(44)36(43)22-29/h14-26H,2-13H2,1H3. The summed E-state index contributed by atoms with van der Waals surface area (Å²) in [6.45, 7) is 2.24. The molecule has 0 radical (unpaired) electrons. The average Bonchev–Trinajstić information content (AvgIpc) is 3.03. The fraction of sp³-hybridized carbons (Fsp3) is 0.474. The highest BCUT2D eigenvalue weighted by Gasteiger charge is 2.32. The molecule has 0 unspecified atom stereocenters. The molecule has 2 aliphatic carbocycles. The molecule has 0 saturated heterocycles. The first-order chi connectivity index (χ1) is 22.4. The Bertz CT molecular complexity index is 1510. The Labute approximate surface area is 271 Å². The van der Waals surface area contributed by atoms with E-state index in [0.29, 0.717) is 12.0 Å². The molecule has 3 aromatic rings. The molecule has 0 aromatic heterocycles. The van der Waals surface area contributed by atoms with Crippen LogP contribution in [0.1, 0.15) is 101 Å². The smallest absolute Gasteiger partial charge is 0.419 e. The van der Waals surface area contributed by atoms with Crippen LogP contribution >= 0.6 is 0 Å². The predicted octanol–water partition coefficient (Wildman–Crippen LogP) is 12.5. The average molecular weight is 665 g/mol. The molecule has 1 nitrogen and oxygen atoms in total. The molecule has 254 valence electrons. The summed E-state index contributed by atoms with van der Waals surface area (Å²) in [7, 11) is 0. The molecule has 2 aliphatic rings. The molecule has 0 heterocycles.